The highest BCUT2D eigenvalue weighted by Gasteiger charge is 2.08. The Bertz CT molecular complexity index is 496. The molecule has 19 heavy (non-hydrogen) atoms. The quantitative estimate of drug-likeness (QED) is 0.889. The van der Waals surface area contributed by atoms with E-state index in [0.29, 0.717) is 0 Å². The van der Waals surface area contributed by atoms with Crippen molar-refractivity contribution in [2.45, 2.75) is 26.0 Å². The lowest BCUT2D eigenvalue weighted by Gasteiger charge is -2.15. The van der Waals surface area contributed by atoms with Gasteiger partial charge in [0.15, 0.2) is 0 Å². The van der Waals surface area contributed by atoms with E-state index in [4.69, 9.17) is 4.74 Å². The Kier molecular flexibility index (Phi) is 4.53. The summed E-state index contributed by atoms with van der Waals surface area (Å²) < 4.78 is 5.89. The molecule has 1 aromatic carbocycles. The Balaban J connectivity index is 2.04. The van der Waals surface area contributed by atoms with E-state index in [-0.39, 0.29) is 12.1 Å². The second-order valence-corrected chi connectivity index (χ2v) is 4.60. The summed E-state index contributed by atoms with van der Waals surface area (Å²) in [7, 11) is 1.92. The van der Waals surface area contributed by atoms with E-state index in [1.54, 1.807) is 6.20 Å². The van der Waals surface area contributed by atoms with Gasteiger partial charge in [0.1, 0.15) is 11.9 Å². The van der Waals surface area contributed by atoms with E-state index in [0.717, 1.165) is 17.0 Å². The maximum atomic E-state index is 5.89. The van der Waals surface area contributed by atoms with Crippen molar-refractivity contribution in [2.75, 3.05) is 7.05 Å². The molecule has 3 heteroatoms. The van der Waals surface area contributed by atoms with Gasteiger partial charge in [-0.25, -0.2) is 0 Å². The van der Waals surface area contributed by atoms with E-state index in [2.05, 4.69) is 29.4 Å². The van der Waals surface area contributed by atoms with Gasteiger partial charge in [0, 0.05) is 6.04 Å². The first-order chi connectivity index (χ1) is 9.20. The first kappa shape index (κ1) is 13.6. The van der Waals surface area contributed by atoms with Crippen molar-refractivity contribution in [3.8, 4) is 5.75 Å². The van der Waals surface area contributed by atoms with Gasteiger partial charge in [-0.1, -0.05) is 30.3 Å². The van der Waals surface area contributed by atoms with Crippen LogP contribution < -0.4 is 10.1 Å². The monoisotopic (exact) mass is 256 g/mol. The van der Waals surface area contributed by atoms with Gasteiger partial charge in [-0.15, -0.1) is 0 Å². The van der Waals surface area contributed by atoms with Crippen LogP contribution in [0.3, 0.4) is 0 Å². The molecule has 0 radical (unpaired) electrons. The Morgan fingerprint density at radius 3 is 2.37 bits per heavy atom. The highest BCUT2D eigenvalue weighted by atomic mass is 16.5. The molecule has 0 amide bonds. The molecule has 0 fully saturated rings. The van der Waals surface area contributed by atoms with Crippen molar-refractivity contribution in [3.63, 3.8) is 0 Å². The minimum absolute atomic E-state index is 0.0237. The summed E-state index contributed by atoms with van der Waals surface area (Å²) in [4.78, 5) is 4.41. The normalized spacial score (nSPS) is 13.8. The van der Waals surface area contributed by atoms with Gasteiger partial charge in [-0.2, -0.15) is 0 Å². The van der Waals surface area contributed by atoms with Gasteiger partial charge < -0.3 is 10.1 Å². The molecular weight excluding hydrogens is 236 g/mol. The van der Waals surface area contributed by atoms with E-state index < -0.39 is 0 Å². The van der Waals surface area contributed by atoms with E-state index in [9.17, 15) is 0 Å². The lowest BCUT2D eigenvalue weighted by molar-refractivity contribution is 0.226. The van der Waals surface area contributed by atoms with Crippen LogP contribution in [0.5, 0.6) is 5.75 Å². The molecule has 2 atom stereocenters. The number of pyridine rings is 1. The fourth-order valence-electron chi connectivity index (χ4n) is 1.86. The summed E-state index contributed by atoms with van der Waals surface area (Å²) in [6, 6.07) is 14.4. The van der Waals surface area contributed by atoms with Crippen LogP contribution in [0.15, 0.2) is 48.7 Å². The maximum absolute atomic E-state index is 5.89. The second-order valence-electron chi connectivity index (χ2n) is 4.60. The Hall–Kier alpha value is -1.87. The predicted octanol–water partition coefficient (Wildman–Crippen LogP) is 3.50. The first-order valence-electron chi connectivity index (χ1n) is 6.55. The molecule has 0 saturated carbocycles. The van der Waals surface area contributed by atoms with Gasteiger partial charge in [0.05, 0.1) is 11.9 Å². The number of nitrogens with one attached hydrogen (secondary N) is 1. The zero-order valence-electron chi connectivity index (χ0n) is 11.6. The van der Waals surface area contributed by atoms with Gasteiger partial charge in [0.2, 0.25) is 0 Å². The number of nitrogens with zero attached hydrogens (tertiary/aromatic N) is 1. The molecule has 0 aliphatic carbocycles. The lowest BCUT2D eigenvalue weighted by Crippen LogP contribution is -2.13. The van der Waals surface area contributed by atoms with Crippen LogP contribution in [-0.2, 0) is 0 Å². The zero-order valence-corrected chi connectivity index (χ0v) is 11.6. The SMILES string of the molecule is CNC(C)c1ccc(OC(C)c2ccccc2)cn1. The van der Waals surface area contributed by atoms with Crippen LogP contribution in [0.1, 0.15) is 37.3 Å². The number of hydrogen-bond donors (Lipinski definition) is 1. The van der Waals surface area contributed by atoms with Gasteiger partial charge in [0.25, 0.3) is 0 Å². The summed E-state index contributed by atoms with van der Waals surface area (Å²) in [5, 5.41) is 3.16. The Morgan fingerprint density at radius 1 is 1.05 bits per heavy atom. The highest BCUT2D eigenvalue weighted by Crippen LogP contribution is 2.21. The van der Waals surface area contributed by atoms with Crippen LogP contribution >= 0.6 is 0 Å². The molecule has 1 N–H and O–H groups in total. The molecule has 2 unspecified atom stereocenters. The number of hydrogen-bond acceptors (Lipinski definition) is 3. The third kappa shape index (κ3) is 3.55. The molecule has 0 bridgehead atoms. The van der Waals surface area contributed by atoms with Crippen molar-refractivity contribution in [3.05, 3.63) is 59.9 Å². The van der Waals surface area contributed by atoms with E-state index in [1.165, 1.54) is 0 Å². The van der Waals surface area contributed by atoms with E-state index in [1.807, 2.05) is 44.3 Å². The maximum Gasteiger partial charge on any atom is 0.138 e. The average molecular weight is 256 g/mol. The summed E-state index contributed by atoms with van der Waals surface area (Å²) in [5.74, 6) is 0.795. The first-order valence-corrected chi connectivity index (χ1v) is 6.55. The fraction of sp³-hybridized carbons (Fsp3) is 0.312. The van der Waals surface area contributed by atoms with Gasteiger partial charge in [-0.3, -0.25) is 4.98 Å². The van der Waals surface area contributed by atoms with Crippen LogP contribution in [0, 0.1) is 0 Å². The number of aromatic nitrogens is 1. The third-order valence-corrected chi connectivity index (χ3v) is 3.22. The van der Waals surface area contributed by atoms with Crippen molar-refractivity contribution < 1.29 is 4.74 Å². The minimum atomic E-state index is 0.0237. The molecule has 0 aliphatic heterocycles. The molecule has 0 aliphatic rings. The van der Waals surface area contributed by atoms with Crippen LogP contribution in [-0.4, -0.2) is 12.0 Å². The van der Waals surface area contributed by atoms with Crippen LogP contribution in [0.25, 0.3) is 0 Å². The Labute approximate surface area is 114 Å². The molecule has 0 saturated heterocycles. The third-order valence-electron chi connectivity index (χ3n) is 3.22. The summed E-state index contributed by atoms with van der Waals surface area (Å²) in [6.07, 6.45) is 1.80. The molecule has 1 heterocycles. The molecular formula is C16H20N2O. The second kappa shape index (κ2) is 6.34. The van der Waals surface area contributed by atoms with Gasteiger partial charge in [-0.05, 0) is 38.6 Å². The summed E-state index contributed by atoms with van der Waals surface area (Å²) >= 11 is 0. The molecule has 2 rings (SSSR count). The topological polar surface area (TPSA) is 34.1 Å². The fourth-order valence-corrected chi connectivity index (χ4v) is 1.86. The summed E-state index contributed by atoms with van der Waals surface area (Å²) in [6.45, 7) is 4.12. The lowest BCUT2D eigenvalue weighted by atomic mass is 10.1. The zero-order chi connectivity index (χ0) is 13.7. The average Bonchev–Trinajstić information content (AvgIpc) is 2.48. The molecule has 0 spiro atoms. The highest BCUT2D eigenvalue weighted by molar-refractivity contribution is 5.24. The smallest absolute Gasteiger partial charge is 0.138 e. The molecule has 3 nitrogen and oxygen atoms in total. The standard InChI is InChI=1S/C16H20N2O/c1-12(17-3)16-10-9-15(11-18-16)19-13(2)14-7-5-4-6-8-14/h4-13,17H,1-3H3. The largest absolute Gasteiger partial charge is 0.484 e. The van der Waals surface area contributed by atoms with Crippen molar-refractivity contribution in [1.29, 1.82) is 0 Å². The molecule has 100 valence electrons. The predicted molar refractivity (Wildman–Crippen MR) is 77.2 cm³/mol. The van der Waals surface area contributed by atoms with E-state index >= 15 is 0 Å². The molecule has 2 aromatic rings. The van der Waals surface area contributed by atoms with Crippen molar-refractivity contribution in [2.24, 2.45) is 0 Å². The van der Waals surface area contributed by atoms with Gasteiger partial charge >= 0.3 is 0 Å². The van der Waals surface area contributed by atoms with Crippen LogP contribution in [0.2, 0.25) is 0 Å². The number of benzene rings is 1. The van der Waals surface area contributed by atoms with Crippen LogP contribution in [0.4, 0.5) is 0 Å². The van der Waals surface area contributed by atoms with Crippen molar-refractivity contribution in [1.82, 2.24) is 10.3 Å². The minimum Gasteiger partial charge on any atom is -0.484 e. The number of ether oxygens (including phenoxy) is 1. The summed E-state index contributed by atoms with van der Waals surface area (Å²) in [5.41, 5.74) is 2.18. The van der Waals surface area contributed by atoms with Crippen molar-refractivity contribution >= 4 is 0 Å². The molecule has 1 aromatic heterocycles. The number of rotatable bonds is 5. The Morgan fingerprint density at radius 2 is 1.79 bits per heavy atom.